The van der Waals surface area contributed by atoms with Crippen molar-refractivity contribution in [1.82, 2.24) is 9.88 Å². The normalized spacial score (nSPS) is 24.4. The first-order valence-electron chi connectivity index (χ1n) is 10.6. The molecule has 168 valence electrons. The number of rotatable bonds is 3. The molecule has 3 fully saturated rings. The Morgan fingerprint density at radius 3 is 2.53 bits per heavy atom. The lowest BCUT2D eigenvalue weighted by molar-refractivity contribution is -0.192. The van der Waals surface area contributed by atoms with Gasteiger partial charge in [0.2, 0.25) is 0 Å². The van der Waals surface area contributed by atoms with Crippen molar-refractivity contribution in [3.8, 4) is 0 Å². The molecule has 0 amide bonds. The van der Waals surface area contributed by atoms with E-state index in [9.17, 15) is 13.2 Å². The van der Waals surface area contributed by atoms with Gasteiger partial charge in [-0.05, 0) is 69.2 Å². The monoisotopic (exact) mass is 429 g/mol. The Bertz CT molecular complexity index is 673. The molecule has 1 spiro atoms. The molecule has 0 bridgehead atoms. The van der Waals surface area contributed by atoms with Crippen molar-refractivity contribution in [3.05, 3.63) is 24.5 Å². The Balaban J connectivity index is 0.000000318. The van der Waals surface area contributed by atoms with Gasteiger partial charge < -0.3 is 19.6 Å². The zero-order valence-electron chi connectivity index (χ0n) is 17.1. The smallest absolute Gasteiger partial charge is 0.475 e. The van der Waals surface area contributed by atoms with Gasteiger partial charge >= 0.3 is 12.1 Å². The van der Waals surface area contributed by atoms with E-state index in [1.54, 1.807) is 0 Å². The Labute approximate surface area is 175 Å². The average molecular weight is 429 g/mol. The average Bonchev–Trinajstić information content (AvgIpc) is 3.24. The van der Waals surface area contributed by atoms with E-state index in [-0.39, 0.29) is 0 Å². The quantitative estimate of drug-likeness (QED) is 0.793. The number of carbonyl (C=O) groups is 1. The van der Waals surface area contributed by atoms with Crippen LogP contribution in [0.1, 0.15) is 38.5 Å². The number of carboxylic acids is 1. The van der Waals surface area contributed by atoms with Crippen LogP contribution in [-0.2, 0) is 9.53 Å². The minimum Gasteiger partial charge on any atom is -0.475 e. The van der Waals surface area contributed by atoms with Gasteiger partial charge in [-0.25, -0.2) is 4.79 Å². The number of carboxylic acid groups (broad SMARTS) is 1. The lowest BCUT2D eigenvalue weighted by atomic mass is 9.72. The lowest BCUT2D eigenvalue weighted by Crippen LogP contribution is -2.50. The summed E-state index contributed by atoms with van der Waals surface area (Å²) in [5.41, 5.74) is 1.83. The maximum Gasteiger partial charge on any atom is 0.490 e. The number of anilines is 1. The summed E-state index contributed by atoms with van der Waals surface area (Å²) in [7, 11) is 0. The van der Waals surface area contributed by atoms with E-state index in [0.29, 0.717) is 11.5 Å². The van der Waals surface area contributed by atoms with Gasteiger partial charge in [0.25, 0.3) is 0 Å². The van der Waals surface area contributed by atoms with Crippen LogP contribution in [0.3, 0.4) is 0 Å². The molecule has 1 aromatic heterocycles. The van der Waals surface area contributed by atoms with Gasteiger partial charge in [-0.2, -0.15) is 13.2 Å². The van der Waals surface area contributed by atoms with E-state index >= 15 is 0 Å². The molecule has 3 saturated heterocycles. The molecular weight excluding hydrogens is 399 g/mol. The van der Waals surface area contributed by atoms with Crippen molar-refractivity contribution in [2.75, 3.05) is 44.2 Å². The highest BCUT2D eigenvalue weighted by Gasteiger charge is 2.39. The van der Waals surface area contributed by atoms with Crippen molar-refractivity contribution in [1.29, 1.82) is 0 Å². The van der Waals surface area contributed by atoms with Crippen LogP contribution in [0.5, 0.6) is 0 Å². The first kappa shape index (κ1) is 22.8. The summed E-state index contributed by atoms with van der Waals surface area (Å²) < 4.78 is 37.5. The summed E-state index contributed by atoms with van der Waals surface area (Å²) in [6.45, 7) is 7.03. The number of piperidine rings is 2. The maximum atomic E-state index is 10.6. The number of alkyl halides is 3. The van der Waals surface area contributed by atoms with Crippen molar-refractivity contribution in [3.63, 3.8) is 0 Å². The van der Waals surface area contributed by atoms with E-state index in [1.165, 1.54) is 70.4 Å². The summed E-state index contributed by atoms with van der Waals surface area (Å²) in [4.78, 5) is 18.4. The first-order chi connectivity index (χ1) is 14.3. The Kier molecular flexibility index (Phi) is 7.57. The summed E-state index contributed by atoms with van der Waals surface area (Å²) in [5.74, 6) is -2.76. The Hall–Kier alpha value is -1.87. The molecule has 1 atom stereocenters. The summed E-state index contributed by atoms with van der Waals surface area (Å²) in [6.07, 6.45) is 7.23. The largest absolute Gasteiger partial charge is 0.490 e. The van der Waals surface area contributed by atoms with Crippen molar-refractivity contribution in [2.45, 2.75) is 50.8 Å². The van der Waals surface area contributed by atoms with Crippen LogP contribution in [0, 0.1) is 5.41 Å². The molecular formula is C21H30F3N3O3. The predicted octanol–water partition coefficient (Wildman–Crippen LogP) is 3.58. The number of hydrogen-bond acceptors (Lipinski definition) is 5. The summed E-state index contributed by atoms with van der Waals surface area (Å²) >= 11 is 0. The zero-order valence-corrected chi connectivity index (χ0v) is 17.1. The standard InChI is InChI=1S/C19H29N3O.C2HF3O2/c1-4-17(14-20-9-1)22-10-3-6-19(16-22)7-11-21(12-8-19)15-18-5-2-13-23-18;3-2(4,5)1(6)7/h1,4,9,14,18H,2-3,5-8,10-13,15-16H2;(H,6,7). The number of aliphatic carboxylic acids is 1. The summed E-state index contributed by atoms with van der Waals surface area (Å²) in [6, 6.07) is 4.26. The molecule has 9 heteroatoms. The number of nitrogens with zero attached hydrogens (tertiary/aromatic N) is 3. The van der Waals surface area contributed by atoms with Gasteiger partial charge in [0, 0.05) is 32.4 Å². The van der Waals surface area contributed by atoms with Crippen molar-refractivity contribution in [2.24, 2.45) is 5.41 Å². The molecule has 3 aliphatic heterocycles. The van der Waals surface area contributed by atoms with Crippen molar-refractivity contribution >= 4 is 11.7 Å². The molecule has 30 heavy (non-hydrogen) atoms. The third kappa shape index (κ3) is 6.31. The second-order valence-corrected chi connectivity index (χ2v) is 8.47. The van der Waals surface area contributed by atoms with Gasteiger partial charge in [0.05, 0.1) is 18.0 Å². The van der Waals surface area contributed by atoms with Crippen molar-refractivity contribution < 1.29 is 27.8 Å². The Morgan fingerprint density at radius 2 is 1.97 bits per heavy atom. The second kappa shape index (κ2) is 9.96. The molecule has 1 aromatic rings. The third-order valence-electron chi connectivity index (χ3n) is 6.32. The van der Waals surface area contributed by atoms with E-state index in [1.807, 2.05) is 12.4 Å². The maximum absolute atomic E-state index is 10.6. The van der Waals surface area contributed by atoms with Crippen LogP contribution in [0.4, 0.5) is 18.9 Å². The Morgan fingerprint density at radius 1 is 1.23 bits per heavy atom. The van der Waals surface area contributed by atoms with E-state index in [0.717, 1.165) is 13.2 Å². The van der Waals surface area contributed by atoms with Gasteiger partial charge in [0.1, 0.15) is 0 Å². The zero-order chi connectivity index (χ0) is 21.6. The van der Waals surface area contributed by atoms with Crippen LogP contribution >= 0.6 is 0 Å². The fraction of sp³-hybridized carbons (Fsp3) is 0.714. The number of likely N-dealkylation sites (tertiary alicyclic amines) is 1. The number of halogens is 3. The highest BCUT2D eigenvalue weighted by atomic mass is 19.4. The summed E-state index contributed by atoms with van der Waals surface area (Å²) in [5, 5.41) is 7.12. The SMILES string of the molecule is O=C(O)C(F)(F)F.c1cncc(N2CCCC3(CCN(CC4CCCO4)CC3)C2)c1. The molecule has 0 saturated carbocycles. The van der Waals surface area contributed by atoms with Crippen LogP contribution in [-0.4, -0.2) is 72.6 Å². The van der Waals surface area contributed by atoms with E-state index in [2.05, 4.69) is 26.9 Å². The molecule has 0 radical (unpaired) electrons. The molecule has 1 N–H and O–H groups in total. The predicted molar refractivity (Wildman–Crippen MR) is 106 cm³/mol. The highest BCUT2D eigenvalue weighted by molar-refractivity contribution is 5.73. The van der Waals surface area contributed by atoms with E-state index < -0.39 is 12.1 Å². The molecule has 6 nitrogen and oxygen atoms in total. The molecule has 0 aliphatic carbocycles. The lowest BCUT2D eigenvalue weighted by Gasteiger charge is -2.48. The fourth-order valence-corrected chi connectivity index (χ4v) is 4.66. The van der Waals surface area contributed by atoms with E-state index in [4.69, 9.17) is 14.6 Å². The number of hydrogen-bond donors (Lipinski definition) is 1. The minimum atomic E-state index is -5.08. The van der Waals surface area contributed by atoms with Crippen LogP contribution in [0.15, 0.2) is 24.5 Å². The second-order valence-electron chi connectivity index (χ2n) is 8.47. The van der Waals surface area contributed by atoms with Crippen LogP contribution in [0.25, 0.3) is 0 Å². The van der Waals surface area contributed by atoms with Gasteiger partial charge in [-0.3, -0.25) is 4.98 Å². The number of ether oxygens (including phenoxy) is 1. The van der Waals surface area contributed by atoms with Gasteiger partial charge in [-0.1, -0.05) is 0 Å². The topological polar surface area (TPSA) is 65.9 Å². The first-order valence-corrected chi connectivity index (χ1v) is 10.6. The number of aromatic nitrogens is 1. The molecule has 3 aliphatic rings. The molecule has 0 aromatic carbocycles. The molecule has 4 rings (SSSR count). The fourth-order valence-electron chi connectivity index (χ4n) is 4.66. The van der Waals surface area contributed by atoms with Gasteiger partial charge in [0.15, 0.2) is 0 Å². The highest BCUT2D eigenvalue weighted by Crippen LogP contribution is 2.41. The third-order valence-corrected chi connectivity index (χ3v) is 6.32. The van der Waals surface area contributed by atoms with Crippen LogP contribution in [0.2, 0.25) is 0 Å². The van der Waals surface area contributed by atoms with Crippen LogP contribution < -0.4 is 4.90 Å². The molecule has 1 unspecified atom stereocenters. The number of pyridine rings is 1. The van der Waals surface area contributed by atoms with Gasteiger partial charge in [-0.15, -0.1) is 0 Å². The minimum absolute atomic E-state index is 0.502. The molecule has 4 heterocycles.